The molecule has 26 heavy (non-hydrogen) atoms. The summed E-state index contributed by atoms with van der Waals surface area (Å²) in [5.74, 6) is -0.279. The number of fused-ring (bicyclic) bond motifs is 1. The summed E-state index contributed by atoms with van der Waals surface area (Å²) in [5.41, 5.74) is 7.85. The number of aromatic nitrogens is 5. The highest BCUT2D eigenvalue weighted by Gasteiger charge is 2.15. The number of hydrogen-bond acceptors (Lipinski definition) is 6. The van der Waals surface area contributed by atoms with Gasteiger partial charge in [0.15, 0.2) is 11.5 Å². The van der Waals surface area contributed by atoms with Gasteiger partial charge in [0, 0.05) is 30.6 Å². The van der Waals surface area contributed by atoms with E-state index in [1.807, 2.05) is 0 Å². The lowest BCUT2D eigenvalue weighted by atomic mass is 10.2. The summed E-state index contributed by atoms with van der Waals surface area (Å²) in [7, 11) is 0. The maximum Gasteiger partial charge on any atom is 0.166 e. The molecule has 1 aromatic carbocycles. The van der Waals surface area contributed by atoms with Crippen LogP contribution >= 0.6 is 0 Å². The molecule has 3 heterocycles. The normalized spacial score (nSPS) is 11.0. The van der Waals surface area contributed by atoms with Gasteiger partial charge in [-0.2, -0.15) is 0 Å². The van der Waals surface area contributed by atoms with Crippen LogP contribution in [-0.2, 0) is 6.54 Å². The quantitative estimate of drug-likeness (QED) is 0.586. The summed E-state index contributed by atoms with van der Waals surface area (Å²) >= 11 is 0. The first kappa shape index (κ1) is 15.9. The average molecular weight is 353 g/mol. The van der Waals surface area contributed by atoms with Crippen LogP contribution in [0.2, 0.25) is 0 Å². The van der Waals surface area contributed by atoms with Crippen molar-refractivity contribution in [3.8, 4) is 11.3 Å². The monoisotopic (exact) mass is 353 g/mol. The number of benzene rings is 1. The molecule has 7 nitrogen and oxygen atoms in total. The molecule has 0 aliphatic carbocycles. The fourth-order valence-electron chi connectivity index (χ4n) is 2.60. The first-order chi connectivity index (χ1) is 12.6. The lowest BCUT2D eigenvalue weighted by molar-refractivity contribution is 0.587. The van der Waals surface area contributed by atoms with Gasteiger partial charge in [-0.05, 0) is 24.3 Å². The van der Waals surface area contributed by atoms with Crippen molar-refractivity contribution in [2.45, 2.75) is 6.54 Å². The summed E-state index contributed by atoms with van der Waals surface area (Å²) in [6, 6.07) is 6.69. The van der Waals surface area contributed by atoms with Gasteiger partial charge < -0.3 is 11.1 Å². The molecular formula is C17H13F2N7. The predicted molar refractivity (Wildman–Crippen MR) is 92.1 cm³/mol. The molecule has 0 spiro atoms. The molecule has 0 saturated heterocycles. The summed E-state index contributed by atoms with van der Waals surface area (Å²) in [5, 5.41) is 7.15. The fourth-order valence-corrected chi connectivity index (χ4v) is 2.60. The van der Waals surface area contributed by atoms with Crippen LogP contribution in [0.1, 0.15) is 5.56 Å². The van der Waals surface area contributed by atoms with Gasteiger partial charge >= 0.3 is 0 Å². The van der Waals surface area contributed by atoms with Crippen LogP contribution in [0.3, 0.4) is 0 Å². The van der Waals surface area contributed by atoms with Crippen LogP contribution in [0.15, 0.2) is 49.1 Å². The Kier molecular flexibility index (Phi) is 3.88. The molecule has 0 aliphatic heterocycles. The highest BCUT2D eigenvalue weighted by Crippen LogP contribution is 2.28. The van der Waals surface area contributed by atoms with Gasteiger partial charge in [0.2, 0.25) is 0 Å². The maximum absolute atomic E-state index is 13.7. The zero-order chi connectivity index (χ0) is 18.1. The van der Waals surface area contributed by atoms with Gasteiger partial charge in [0.1, 0.15) is 23.8 Å². The number of nitrogens with zero attached hydrogens (tertiary/aromatic N) is 5. The van der Waals surface area contributed by atoms with E-state index in [9.17, 15) is 8.78 Å². The standard InChI is InChI=1S/C17H13F2N7/c18-11-2-3-12(19)10(6-11)8-22-14-7-13(23-9-24-14)15-16(20)25-26-5-1-4-21-17(15)26/h1-7,9H,8H2,(H2,20,25)(H,22,23,24). The summed E-state index contributed by atoms with van der Waals surface area (Å²) in [4.78, 5) is 12.6. The van der Waals surface area contributed by atoms with Crippen LogP contribution in [0.5, 0.6) is 0 Å². The van der Waals surface area contributed by atoms with Gasteiger partial charge in [0.25, 0.3) is 0 Å². The number of hydrogen-bond donors (Lipinski definition) is 2. The molecule has 130 valence electrons. The van der Waals surface area contributed by atoms with Gasteiger partial charge in [-0.25, -0.2) is 28.2 Å². The molecule has 0 unspecified atom stereocenters. The Morgan fingerprint density at radius 1 is 1.12 bits per heavy atom. The summed E-state index contributed by atoms with van der Waals surface area (Å²) in [6.45, 7) is 0.0720. The molecule has 4 rings (SSSR count). The molecule has 3 aromatic heterocycles. The van der Waals surface area contributed by atoms with E-state index in [0.717, 1.165) is 18.2 Å². The number of halogens is 2. The Balaban J connectivity index is 1.64. The van der Waals surface area contributed by atoms with Crippen LogP contribution in [0.25, 0.3) is 16.9 Å². The van der Waals surface area contributed by atoms with Crippen molar-refractivity contribution in [3.63, 3.8) is 0 Å². The van der Waals surface area contributed by atoms with Crippen molar-refractivity contribution in [1.29, 1.82) is 0 Å². The van der Waals surface area contributed by atoms with Crippen LogP contribution in [0, 0.1) is 11.6 Å². The predicted octanol–water partition coefficient (Wildman–Crippen LogP) is 2.66. The Morgan fingerprint density at radius 2 is 2.00 bits per heavy atom. The first-order valence-electron chi connectivity index (χ1n) is 7.71. The Morgan fingerprint density at radius 3 is 2.88 bits per heavy atom. The zero-order valence-corrected chi connectivity index (χ0v) is 13.4. The molecule has 0 aliphatic rings. The van der Waals surface area contributed by atoms with E-state index >= 15 is 0 Å². The molecule has 0 bridgehead atoms. The second-order valence-corrected chi connectivity index (χ2v) is 5.53. The van der Waals surface area contributed by atoms with Crippen LogP contribution in [-0.4, -0.2) is 24.6 Å². The second kappa shape index (κ2) is 6.36. The zero-order valence-electron chi connectivity index (χ0n) is 13.4. The van der Waals surface area contributed by atoms with Crippen molar-refractivity contribution >= 4 is 17.3 Å². The Bertz CT molecular complexity index is 1090. The van der Waals surface area contributed by atoms with E-state index in [2.05, 4.69) is 25.4 Å². The van der Waals surface area contributed by atoms with Crippen molar-refractivity contribution < 1.29 is 8.78 Å². The Hall–Kier alpha value is -3.62. The summed E-state index contributed by atoms with van der Waals surface area (Å²) < 4.78 is 28.6. The SMILES string of the molecule is Nc1nn2cccnc2c1-c1cc(NCc2cc(F)ccc2F)ncn1. The van der Waals surface area contributed by atoms with Crippen molar-refractivity contribution in [3.05, 3.63) is 66.3 Å². The minimum atomic E-state index is -0.503. The van der Waals surface area contributed by atoms with Gasteiger partial charge in [-0.3, -0.25) is 0 Å². The first-order valence-corrected chi connectivity index (χ1v) is 7.71. The topological polar surface area (TPSA) is 94.0 Å². The lowest BCUT2D eigenvalue weighted by Crippen LogP contribution is -2.04. The fraction of sp³-hybridized carbons (Fsp3) is 0.0588. The van der Waals surface area contributed by atoms with Crippen molar-refractivity contribution in [2.75, 3.05) is 11.1 Å². The molecule has 0 amide bonds. The van der Waals surface area contributed by atoms with Crippen molar-refractivity contribution in [1.82, 2.24) is 24.6 Å². The summed E-state index contributed by atoms with van der Waals surface area (Å²) in [6.07, 6.45) is 4.72. The van der Waals surface area contributed by atoms with E-state index in [1.165, 1.54) is 6.33 Å². The van der Waals surface area contributed by atoms with Crippen molar-refractivity contribution in [2.24, 2.45) is 0 Å². The lowest BCUT2D eigenvalue weighted by Gasteiger charge is -2.08. The van der Waals surface area contributed by atoms with Gasteiger partial charge in [-0.15, -0.1) is 5.10 Å². The molecule has 0 radical (unpaired) electrons. The van der Waals surface area contributed by atoms with E-state index in [0.29, 0.717) is 22.7 Å². The van der Waals surface area contributed by atoms with Gasteiger partial charge in [-0.1, -0.05) is 0 Å². The highest BCUT2D eigenvalue weighted by atomic mass is 19.1. The number of nitrogen functional groups attached to an aromatic ring is 1. The molecular weight excluding hydrogens is 340 g/mol. The van der Waals surface area contributed by atoms with Crippen LogP contribution in [0.4, 0.5) is 20.4 Å². The van der Waals surface area contributed by atoms with E-state index < -0.39 is 11.6 Å². The minimum Gasteiger partial charge on any atom is -0.382 e. The van der Waals surface area contributed by atoms with E-state index in [-0.39, 0.29) is 17.9 Å². The third-order valence-corrected chi connectivity index (χ3v) is 3.81. The Labute approximate surface area is 146 Å². The second-order valence-electron chi connectivity index (χ2n) is 5.53. The highest BCUT2D eigenvalue weighted by molar-refractivity contribution is 5.84. The van der Waals surface area contributed by atoms with E-state index in [4.69, 9.17) is 5.73 Å². The van der Waals surface area contributed by atoms with Crippen LogP contribution < -0.4 is 11.1 Å². The minimum absolute atomic E-state index is 0.0720. The number of rotatable bonds is 4. The number of nitrogens with one attached hydrogen (secondary N) is 1. The number of nitrogens with two attached hydrogens (primary N) is 1. The molecule has 0 atom stereocenters. The molecule has 0 fully saturated rings. The number of anilines is 2. The largest absolute Gasteiger partial charge is 0.382 e. The maximum atomic E-state index is 13.7. The molecule has 4 aromatic rings. The molecule has 0 saturated carbocycles. The molecule has 3 N–H and O–H groups in total. The van der Waals surface area contributed by atoms with E-state index in [1.54, 1.807) is 29.0 Å². The average Bonchev–Trinajstić information content (AvgIpc) is 2.98. The third kappa shape index (κ3) is 2.90. The van der Waals surface area contributed by atoms with Gasteiger partial charge in [0.05, 0.1) is 11.3 Å². The third-order valence-electron chi connectivity index (χ3n) is 3.81. The molecule has 9 heteroatoms. The smallest absolute Gasteiger partial charge is 0.166 e.